The summed E-state index contributed by atoms with van der Waals surface area (Å²) in [4.78, 5) is 57.1. The number of piperazine rings is 1. The summed E-state index contributed by atoms with van der Waals surface area (Å²) in [6, 6.07) is 18.3. The van der Waals surface area contributed by atoms with Gasteiger partial charge in [-0.15, -0.1) is 0 Å². The van der Waals surface area contributed by atoms with Crippen LogP contribution in [0.5, 0.6) is 0 Å². The van der Waals surface area contributed by atoms with Gasteiger partial charge in [-0.2, -0.15) is 5.10 Å². The first-order chi connectivity index (χ1) is 23.2. The average molecular weight is 656 g/mol. The van der Waals surface area contributed by atoms with Gasteiger partial charge in [-0.1, -0.05) is 68.7 Å². The van der Waals surface area contributed by atoms with Gasteiger partial charge in [-0.05, 0) is 55.0 Å². The number of benzene rings is 2. The Morgan fingerprint density at radius 3 is 2.19 bits per heavy atom. The third-order valence-corrected chi connectivity index (χ3v) is 9.82. The number of nitrogens with zero attached hydrogens (tertiary/aromatic N) is 4. The lowest BCUT2D eigenvalue weighted by Crippen LogP contribution is -2.55. The third kappa shape index (κ3) is 8.89. The van der Waals surface area contributed by atoms with Gasteiger partial charge in [0.1, 0.15) is 17.8 Å². The minimum absolute atomic E-state index is 0.0487. The van der Waals surface area contributed by atoms with Gasteiger partial charge in [0.2, 0.25) is 17.7 Å². The molecule has 0 radical (unpaired) electrons. The number of carbonyl (C=O) groups excluding carboxylic acids is 4. The van der Waals surface area contributed by atoms with Gasteiger partial charge in [0.05, 0.1) is 0 Å². The molecule has 2 aromatic carbocycles. The Morgan fingerprint density at radius 2 is 1.56 bits per heavy atom. The number of aryl methyl sites for hydroxylation is 1. The summed E-state index contributed by atoms with van der Waals surface area (Å²) < 4.78 is 1.50. The SMILES string of the molecule is CCC(=O)NC(Cc1ccc(NC(=O)C(NC(=O)c2ccnn2C)C2CCCCC2)cc1)C(=O)N1CCN(C(C)c2ccccc2)CC1. The van der Waals surface area contributed by atoms with Gasteiger partial charge < -0.3 is 20.9 Å². The van der Waals surface area contributed by atoms with E-state index in [1.165, 1.54) is 10.2 Å². The zero-order valence-corrected chi connectivity index (χ0v) is 28.4. The van der Waals surface area contributed by atoms with Crippen LogP contribution in [0.4, 0.5) is 5.69 Å². The summed E-state index contributed by atoms with van der Waals surface area (Å²) in [7, 11) is 1.70. The minimum Gasteiger partial charge on any atom is -0.344 e. The summed E-state index contributed by atoms with van der Waals surface area (Å²) in [6.07, 6.45) is 7.13. The van der Waals surface area contributed by atoms with Crippen LogP contribution < -0.4 is 16.0 Å². The monoisotopic (exact) mass is 655 g/mol. The Morgan fingerprint density at radius 1 is 0.875 bits per heavy atom. The molecule has 2 fully saturated rings. The fraction of sp³-hybridized carbons (Fsp3) is 0.486. The van der Waals surface area contributed by atoms with E-state index < -0.39 is 12.1 Å². The van der Waals surface area contributed by atoms with Crippen molar-refractivity contribution in [1.82, 2.24) is 30.2 Å². The second-order valence-electron chi connectivity index (χ2n) is 13.0. The quantitative estimate of drug-likeness (QED) is 0.270. The molecule has 0 bridgehead atoms. The van der Waals surface area contributed by atoms with Crippen LogP contribution in [0.3, 0.4) is 0 Å². The van der Waals surface area contributed by atoms with Crippen molar-refractivity contribution in [2.45, 2.75) is 76.9 Å². The van der Waals surface area contributed by atoms with Crippen molar-refractivity contribution in [3.8, 4) is 0 Å². The fourth-order valence-corrected chi connectivity index (χ4v) is 6.85. The number of rotatable bonds is 12. The van der Waals surface area contributed by atoms with Crippen molar-refractivity contribution in [2.75, 3.05) is 31.5 Å². The first kappa shape index (κ1) is 34.8. The van der Waals surface area contributed by atoms with Crippen LogP contribution in [-0.4, -0.2) is 81.5 Å². The molecule has 48 heavy (non-hydrogen) atoms. The molecule has 1 aliphatic carbocycles. The van der Waals surface area contributed by atoms with Gasteiger partial charge in [0.25, 0.3) is 5.91 Å². The molecule has 3 unspecified atom stereocenters. The van der Waals surface area contributed by atoms with E-state index in [1.807, 2.05) is 35.2 Å². The van der Waals surface area contributed by atoms with E-state index in [2.05, 4.69) is 45.0 Å². The molecule has 5 rings (SSSR count). The molecule has 3 aromatic rings. The Bertz CT molecular complexity index is 1530. The predicted octanol–water partition coefficient (Wildman–Crippen LogP) is 4.08. The molecular weight excluding hydrogens is 606 g/mol. The first-order valence-corrected chi connectivity index (χ1v) is 17.3. The van der Waals surface area contributed by atoms with Crippen LogP contribution in [0.25, 0.3) is 0 Å². The van der Waals surface area contributed by atoms with Gasteiger partial charge in [0.15, 0.2) is 0 Å². The molecule has 3 atom stereocenters. The standard InChI is InChI=1S/C37H49N7O4/c1-4-33(45)40-31(37(48)44-23-21-43(22-24-44)26(2)28-11-7-5-8-12-28)25-27-15-17-30(18-16-27)39-36(47)34(29-13-9-6-10-14-29)41-35(46)32-19-20-38-42(32)3/h5,7-8,11-12,15-20,26,29,31,34H,4,6,9-10,13-14,21-25H2,1-3H3,(H,39,47)(H,40,45)(H,41,46). The highest BCUT2D eigenvalue weighted by atomic mass is 16.2. The van der Waals surface area contributed by atoms with Crippen molar-refractivity contribution in [2.24, 2.45) is 13.0 Å². The van der Waals surface area contributed by atoms with Crippen molar-refractivity contribution in [1.29, 1.82) is 0 Å². The van der Waals surface area contributed by atoms with Crippen LogP contribution in [0.1, 0.15) is 80.0 Å². The zero-order valence-electron chi connectivity index (χ0n) is 28.4. The molecule has 11 nitrogen and oxygen atoms in total. The van der Waals surface area contributed by atoms with E-state index in [1.54, 1.807) is 38.4 Å². The highest BCUT2D eigenvalue weighted by Crippen LogP contribution is 2.28. The minimum atomic E-state index is -0.686. The van der Waals surface area contributed by atoms with E-state index >= 15 is 0 Å². The maximum atomic E-state index is 13.7. The number of anilines is 1. The number of hydrogen-bond donors (Lipinski definition) is 3. The number of hydrogen-bond acceptors (Lipinski definition) is 6. The van der Waals surface area contributed by atoms with Gasteiger partial charge in [-0.3, -0.25) is 28.8 Å². The second-order valence-corrected chi connectivity index (χ2v) is 13.0. The smallest absolute Gasteiger partial charge is 0.270 e. The van der Waals surface area contributed by atoms with Crippen LogP contribution in [0.2, 0.25) is 0 Å². The molecule has 2 heterocycles. The van der Waals surface area contributed by atoms with E-state index in [0.29, 0.717) is 30.9 Å². The van der Waals surface area contributed by atoms with Crippen molar-refractivity contribution in [3.05, 3.63) is 83.7 Å². The van der Waals surface area contributed by atoms with E-state index in [9.17, 15) is 19.2 Å². The van der Waals surface area contributed by atoms with E-state index in [-0.39, 0.29) is 42.0 Å². The molecule has 1 aromatic heterocycles. The van der Waals surface area contributed by atoms with Crippen LogP contribution in [0.15, 0.2) is 66.9 Å². The van der Waals surface area contributed by atoms with Gasteiger partial charge in [-0.25, -0.2) is 0 Å². The largest absolute Gasteiger partial charge is 0.344 e. The average Bonchev–Trinajstić information content (AvgIpc) is 3.56. The Kier molecular flexibility index (Phi) is 12.0. The molecule has 3 N–H and O–H groups in total. The van der Waals surface area contributed by atoms with Crippen molar-refractivity contribution < 1.29 is 19.2 Å². The zero-order chi connectivity index (χ0) is 34.0. The molecule has 1 aliphatic heterocycles. The fourth-order valence-electron chi connectivity index (χ4n) is 6.85. The number of nitrogens with one attached hydrogen (secondary N) is 3. The summed E-state index contributed by atoms with van der Waals surface area (Å²) in [5, 5.41) is 13.0. The number of carbonyl (C=O) groups is 4. The molecule has 11 heteroatoms. The van der Waals surface area contributed by atoms with Crippen LogP contribution >= 0.6 is 0 Å². The lowest BCUT2D eigenvalue weighted by molar-refractivity contribution is -0.138. The normalized spacial score (nSPS) is 17.6. The van der Waals surface area contributed by atoms with Crippen molar-refractivity contribution in [3.63, 3.8) is 0 Å². The van der Waals surface area contributed by atoms with Crippen molar-refractivity contribution >= 4 is 29.3 Å². The Balaban J connectivity index is 1.21. The predicted molar refractivity (Wildman–Crippen MR) is 185 cm³/mol. The molecule has 0 spiro atoms. The Hall–Kier alpha value is -4.51. The first-order valence-electron chi connectivity index (χ1n) is 17.3. The molecule has 4 amide bonds. The van der Waals surface area contributed by atoms with E-state index in [4.69, 9.17) is 0 Å². The molecule has 1 saturated heterocycles. The highest BCUT2D eigenvalue weighted by molar-refractivity contribution is 6.00. The van der Waals surface area contributed by atoms with Crippen LogP contribution in [-0.2, 0) is 27.9 Å². The lowest BCUT2D eigenvalue weighted by atomic mass is 9.83. The number of aromatic nitrogens is 2. The summed E-state index contributed by atoms with van der Waals surface area (Å²) in [5.41, 5.74) is 3.12. The topological polar surface area (TPSA) is 129 Å². The molecular formula is C37H49N7O4. The third-order valence-electron chi connectivity index (χ3n) is 9.82. The summed E-state index contributed by atoms with van der Waals surface area (Å²) in [5.74, 6) is -0.786. The highest BCUT2D eigenvalue weighted by Gasteiger charge is 2.33. The molecule has 2 aliphatic rings. The maximum absolute atomic E-state index is 13.7. The van der Waals surface area contributed by atoms with Crippen LogP contribution in [0, 0.1) is 5.92 Å². The maximum Gasteiger partial charge on any atom is 0.270 e. The van der Waals surface area contributed by atoms with E-state index in [0.717, 1.165) is 50.8 Å². The van der Waals surface area contributed by atoms with Gasteiger partial charge >= 0.3 is 0 Å². The lowest BCUT2D eigenvalue weighted by Gasteiger charge is -2.39. The van der Waals surface area contributed by atoms with Gasteiger partial charge in [0, 0.05) is 64.0 Å². The summed E-state index contributed by atoms with van der Waals surface area (Å²) in [6.45, 7) is 6.68. The summed E-state index contributed by atoms with van der Waals surface area (Å²) >= 11 is 0. The Labute approximate surface area is 283 Å². The second kappa shape index (κ2) is 16.5. The molecule has 256 valence electrons. The number of amides is 4. The molecule has 1 saturated carbocycles.